The number of carbonyl (C=O) groups is 1. The van der Waals surface area contributed by atoms with E-state index in [1.165, 1.54) is 6.08 Å². The van der Waals surface area contributed by atoms with Crippen molar-refractivity contribution >= 4 is 5.97 Å². The summed E-state index contributed by atoms with van der Waals surface area (Å²) in [6.45, 7) is 2.33. The van der Waals surface area contributed by atoms with E-state index in [-0.39, 0.29) is 0 Å². The lowest BCUT2D eigenvalue weighted by atomic mass is 10.1. The molecule has 4 nitrogen and oxygen atoms in total. The maximum absolute atomic E-state index is 10.2. The molecule has 4 heteroatoms. The van der Waals surface area contributed by atoms with Gasteiger partial charge in [-0.05, 0) is 19.9 Å². The van der Waals surface area contributed by atoms with E-state index >= 15 is 0 Å². The predicted molar refractivity (Wildman–Crippen MR) is 53.2 cm³/mol. The second kappa shape index (κ2) is 5.78. The van der Waals surface area contributed by atoms with Gasteiger partial charge in [0, 0.05) is 31.9 Å². The number of ether oxygens (including phenoxy) is 1. The summed E-state index contributed by atoms with van der Waals surface area (Å²) in [6.07, 6.45) is 4.95. The fourth-order valence-electron chi connectivity index (χ4n) is 1.59. The molecule has 0 spiro atoms. The minimum absolute atomic E-state index is 0.530. The molecular weight excluding hydrogens is 182 g/mol. The van der Waals surface area contributed by atoms with Gasteiger partial charge < -0.3 is 9.84 Å². The van der Waals surface area contributed by atoms with Crippen LogP contribution in [-0.2, 0) is 9.53 Å². The summed E-state index contributed by atoms with van der Waals surface area (Å²) in [6, 6.07) is 0.530. The molecule has 0 amide bonds. The highest BCUT2D eigenvalue weighted by Crippen LogP contribution is 2.12. The lowest BCUT2D eigenvalue weighted by Crippen LogP contribution is -2.36. The van der Waals surface area contributed by atoms with E-state index in [1.54, 1.807) is 6.08 Å². The Morgan fingerprint density at radius 1 is 1.57 bits per heavy atom. The van der Waals surface area contributed by atoms with Crippen molar-refractivity contribution in [3.8, 4) is 0 Å². The van der Waals surface area contributed by atoms with Gasteiger partial charge in [0.25, 0.3) is 0 Å². The van der Waals surface area contributed by atoms with Crippen molar-refractivity contribution in [2.75, 3.05) is 26.8 Å². The number of aliphatic carboxylic acids is 1. The van der Waals surface area contributed by atoms with Crippen LogP contribution in [0.25, 0.3) is 0 Å². The number of rotatable bonds is 4. The van der Waals surface area contributed by atoms with E-state index in [2.05, 4.69) is 4.90 Å². The number of nitrogens with zero attached hydrogens (tertiary/aromatic N) is 1. The van der Waals surface area contributed by atoms with Crippen LogP contribution in [0.3, 0.4) is 0 Å². The second-order valence-corrected chi connectivity index (χ2v) is 3.52. The van der Waals surface area contributed by atoms with Crippen LogP contribution in [0.2, 0.25) is 0 Å². The van der Waals surface area contributed by atoms with Crippen LogP contribution >= 0.6 is 0 Å². The molecular formula is C10H17NO3. The molecule has 1 saturated heterocycles. The Kier molecular flexibility index (Phi) is 4.62. The minimum atomic E-state index is -0.884. The molecule has 1 rings (SSSR count). The van der Waals surface area contributed by atoms with Gasteiger partial charge in [0.15, 0.2) is 0 Å². The molecule has 1 aliphatic rings. The molecule has 0 aromatic carbocycles. The Morgan fingerprint density at radius 2 is 2.21 bits per heavy atom. The maximum Gasteiger partial charge on any atom is 0.328 e. The van der Waals surface area contributed by atoms with Crippen molar-refractivity contribution < 1.29 is 14.6 Å². The molecule has 1 N–H and O–H groups in total. The van der Waals surface area contributed by atoms with Crippen LogP contribution in [0.5, 0.6) is 0 Å². The summed E-state index contributed by atoms with van der Waals surface area (Å²) in [5.41, 5.74) is 0. The number of hydrogen-bond donors (Lipinski definition) is 1. The third-order valence-corrected chi connectivity index (χ3v) is 2.47. The van der Waals surface area contributed by atoms with Crippen molar-refractivity contribution in [3.05, 3.63) is 12.2 Å². The zero-order valence-electron chi connectivity index (χ0n) is 8.48. The molecule has 0 atom stereocenters. The first-order valence-electron chi connectivity index (χ1n) is 4.87. The number of carboxylic acid groups (broad SMARTS) is 1. The highest BCUT2D eigenvalue weighted by molar-refractivity contribution is 5.79. The van der Waals surface area contributed by atoms with Crippen molar-refractivity contribution in [3.63, 3.8) is 0 Å². The van der Waals surface area contributed by atoms with Crippen LogP contribution in [0.1, 0.15) is 12.8 Å². The van der Waals surface area contributed by atoms with Crippen molar-refractivity contribution in [2.45, 2.75) is 18.9 Å². The summed E-state index contributed by atoms with van der Waals surface area (Å²) < 4.78 is 5.25. The highest BCUT2D eigenvalue weighted by atomic mass is 16.5. The molecule has 14 heavy (non-hydrogen) atoms. The van der Waals surface area contributed by atoms with Crippen molar-refractivity contribution in [2.24, 2.45) is 0 Å². The zero-order chi connectivity index (χ0) is 10.4. The third kappa shape index (κ3) is 3.89. The Balaban J connectivity index is 2.25. The topological polar surface area (TPSA) is 49.8 Å². The normalized spacial score (nSPS) is 19.3. The van der Waals surface area contributed by atoms with Gasteiger partial charge in [0.1, 0.15) is 0 Å². The Hall–Kier alpha value is -0.870. The fourth-order valence-corrected chi connectivity index (χ4v) is 1.59. The van der Waals surface area contributed by atoms with E-state index in [0.29, 0.717) is 12.6 Å². The van der Waals surface area contributed by atoms with Crippen LogP contribution in [-0.4, -0.2) is 48.8 Å². The van der Waals surface area contributed by atoms with Gasteiger partial charge in [-0.2, -0.15) is 0 Å². The first kappa shape index (κ1) is 11.2. The molecule has 0 radical (unpaired) electrons. The Morgan fingerprint density at radius 3 is 2.79 bits per heavy atom. The largest absolute Gasteiger partial charge is 0.478 e. The van der Waals surface area contributed by atoms with E-state index in [9.17, 15) is 4.79 Å². The minimum Gasteiger partial charge on any atom is -0.478 e. The molecule has 0 aromatic rings. The molecule has 0 bridgehead atoms. The molecule has 1 heterocycles. The summed E-state index contributed by atoms with van der Waals surface area (Å²) in [5.74, 6) is -0.884. The molecule has 0 saturated carbocycles. The maximum atomic E-state index is 10.2. The summed E-state index contributed by atoms with van der Waals surface area (Å²) >= 11 is 0. The average molecular weight is 199 g/mol. The lowest BCUT2D eigenvalue weighted by molar-refractivity contribution is -0.131. The van der Waals surface area contributed by atoms with Gasteiger partial charge in [-0.15, -0.1) is 0 Å². The average Bonchev–Trinajstić information content (AvgIpc) is 2.18. The number of carboxylic acids is 1. The predicted octanol–water partition coefficient (Wildman–Crippen LogP) is 0.738. The summed E-state index contributed by atoms with van der Waals surface area (Å²) in [7, 11) is 2.02. The van der Waals surface area contributed by atoms with Crippen molar-refractivity contribution in [1.82, 2.24) is 4.90 Å². The van der Waals surface area contributed by atoms with Crippen LogP contribution in [0, 0.1) is 0 Å². The Labute approximate surface area is 84.2 Å². The van der Waals surface area contributed by atoms with Gasteiger partial charge in [0.05, 0.1) is 0 Å². The van der Waals surface area contributed by atoms with E-state index in [0.717, 1.165) is 26.1 Å². The van der Waals surface area contributed by atoms with Crippen molar-refractivity contribution in [1.29, 1.82) is 0 Å². The molecule has 1 fully saturated rings. The SMILES string of the molecule is CN(CC=CC(=O)O)C1CCOCC1. The smallest absolute Gasteiger partial charge is 0.328 e. The van der Waals surface area contributed by atoms with E-state index < -0.39 is 5.97 Å². The van der Waals surface area contributed by atoms with E-state index in [1.807, 2.05) is 7.05 Å². The monoisotopic (exact) mass is 199 g/mol. The molecule has 0 aliphatic carbocycles. The third-order valence-electron chi connectivity index (χ3n) is 2.47. The molecule has 80 valence electrons. The first-order chi connectivity index (χ1) is 6.70. The fraction of sp³-hybridized carbons (Fsp3) is 0.700. The van der Waals surface area contributed by atoms with Crippen LogP contribution in [0.4, 0.5) is 0 Å². The van der Waals surface area contributed by atoms with Gasteiger partial charge in [-0.25, -0.2) is 4.79 Å². The van der Waals surface area contributed by atoms with Crippen LogP contribution in [0.15, 0.2) is 12.2 Å². The number of likely N-dealkylation sites (N-methyl/N-ethyl adjacent to an activating group) is 1. The summed E-state index contributed by atoms with van der Waals surface area (Å²) in [4.78, 5) is 12.4. The molecule has 0 unspecified atom stereocenters. The number of hydrogen-bond acceptors (Lipinski definition) is 3. The quantitative estimate of drug-likeness (QED) is 0.678. The molecule has 0 aromatic heterocycles. The summed E-state index contributed by atoms with van der Waals surface area (Å²) in [5, 5.41) is 8.41. The first-order valence-corrected chi connectivity index (χ1v) is 4.87. The van der Waals surface area contributed by atoms with Crippen LogP contribution < -0.4 is 0 Å². The second-order valence-electron chi connectivity index (χ2n) is 3.52. The highest BCUT2D eigenvalue weighted by Gasteiger charge is 2.16. The van der Waals surface area contributed by atoms with E-state index in [4.69, 9.17) is 9.84 Å². The molecule has 1 aliphatic heterocycles. The van der Waals surface area contributed by atoms with Gasteiger partial charge in [0.2, 0.25) is 0 Å². The van der Waals surface area contributed by atoms with Gasteiger partial charge in [-0.1, -0.05) is 6.08 Å². The van der Waals surface area contributed by atoms with Gasteiger partial charge in [-0.3, -0.25) is 4.90 Å². The standard InChI is InChI=1S/C10H17NO3/c1-11(6-2-3-10(12)13)9-4-7-14-8-5-9/h2-3,9H,4-8H2,1H3,(H,12,13). The Bertz CT molecular complexity index is 209. The van der Waals surface area contributed by atoms with Gasteiger partial charge >= 0.3 is 5.97 Å². The zero-order valence-corrected chi connectivity index (χ0v) is 8.48. The lowest BCUT2D eigenvalue weighted by Gasteiger charge is -2.30.